The number of benzene rings is 1. The first-order chi connectivity index (χ1) is 9.09. The Balaban J connectivity index is 2.38. The Bertz CT molecular complexity index is 607. The summed E-state index contributed by atoms with van der Waals surface area (Å²) in [6.45, 7) is 5.01. The van der Waals surface area contributed by atoms with Gasteiger partial charge in [0.15, 0.2) is 0 Å². The predicted octanol–water partition coefficient (Wildman–Crippen LogP) is 3.43. The van der Waals surface area contributed by atoms with Crippen LogP contribution in [-0.4, -0.2) is 14.9 Å². The van der Waals surface area contributed by atoms with Gasteiger partial charge in [0.05, 0.1) is 22.5 Å². The van der Waals surface area contributed by atoms with Crippen LogP contribution in [0.25, 0.3) is 5.69 Å². The van der Waals surface area contributed by atoms with Crippen LogP contribution in [0.15, 0.2) is 30.5 Å². The average molecular weight is 284 g/mol. The van der Waals surface area contributed by atoms with Crippen molar-refractivity contribution in [1.29, 1.82) is 0 Å². The summed E-state index contributed by atoms with van der Waals surface area (Å²) in [5, 5.41) is 14.2. The van der Waals surface area contributed by atoms with Crippen LogP contribution in [0.3, 0.4) is 0 Å². The van der Waals surface area contributed by atoms with Crippen LogP contribution in [-0.2, 0) is 11.8 Å². The first-order valence-corrected chi connectivity index (χ1v) is 6.06. The molecular weight excluding hydrogens is 269 g/mol. The van der Waals surface area contributed by atoms with Crippen LogP contribution in [0.2, 0.25) is 0 Å². The van der Waals surface area contributed by atoms with Gasteiger partial charge in [0.25, 0.3) is 0 Å². The zero-order chi connectivity index (χ0) is 15.1. The van der Waals surface area contributed by atoms with Crippen molar-refractivity contribution < 1.29 is 18.3 Å². The fourth-order valence-corrected chi connectivity index (χ4v) is 2.00. The molecule has 1 heterocycles. The Hall–Kier alpha value is -1.82. The Morgan fingerprint density at radius 2 is 1.65 bits per heavy atom. The minimum atomic E-state index is -4.35. The second-order valence-electron chi connectivity index (χ2n) is 5.18. The smallest absolute Gasteiger partial charge is 0.386 e. The Morgan fingerprint density at radius 3 is 2.05 bits per heavy atom. The number of hydrogen-bond acceptors (Lipinski definition) is 2. The van der Waals surface area contributed by atoms with Gasteiger partial charge in [0.2, 0.25) is 0 Å². The molecule has 0 radical (unpaired) electrons. The minimum Gasteiger partial charge on any atom is -0.386 e. The van der Waals surface area contributed by atoms with Crippen molar-refractivity contribution in [2.75, 3.05) is 0 Å². The first kappa shape index (κ1) is 14.6. The molecule has 0 spiro atoms. The van der Waals surface area contributed by atoms with Gasteiger partial charge in [-0.2, -0.15) is 18.3 Å². The van der Waals surface area contributed by atoms with E-state index < -0.39 is 17.3 Å². The van der Waals surface area contributed by atoms with E-state index in [-0.39, 0.29) is 0 Å². The van der Waals surface area contributed by atoms with E-state index in [2.05, 4.69) is 5.10 Å². The summed E-state index contributed by atoms with van der Waals surface area (Å²) in [5.74, 6) is 0. The third-order valence-corrected chi connectivity index (χ3v) is 3.02. The molecule has 0 amide bonds. The maximum Gasteiger partial charge on any atom is 0.416 e. The summed E-state index contributed by atoms with van der Waals surface area (Å²) in [4.78, 5) is 0. The molecule has 2 aromatic rings. The van der Waals surface area contributed by atoms with Crippen LogP contribution in [0.5, 0.6) is 0 Å². The molecule has 1 aromatic carbocycles. The Morgan fingerprint density at radius 1 is 1.10 bits per heavy atom. The molecule has 1 aromatic heterocycles. The predicted molar refractivity (Wildman–Crippen MR) is 68.5 cm³/mol. The molecule has 0 fully saturated rings. The molecule has 3 nitrogen and oxygen atoms in total. The van der Waals surface area contributed by atoms with E-state index in [0.29, 0.717) is 16.9 Å². The average Bonchev–Trinajstić information content (AvgIpc) is 2.70. The Labute approximate surface area is 114 Å². The lowest BCUT2D eigenvalue weighted by Crippen LogP contribution is -2.15. The zero-order valence-corrected chi connectivity index (χ0v) is 11.4. The number of aliphatic hydroxyl groups is 1. The SMILES string of the molecule is Cc1nn(-c2ccc(C(F)(F)F)cc2)cc1C(C)(C)O. The molecule has 0 unspecified atom stereocenters. The normalized spacial score (nSPS) is 12.8. The molecule has 0 aliphatic carbocycles. The van der Waals surface area contributed by atoms with E-state index >= 15 is 0 Å². The minimum absolute atomic E-state index is 0.511. The van der Waals surface area contributed by atoms with Crippen LogP contribution in [0.4, 0.5) is 13.2 Å². The summed E-state index contributed by atoms with van der Waals surface area (Å²) in [6, 6.07) is 4.72. The molecule has 108 valence electrons. The quantitative estimate of drug-likeness (QED) is 0.917. The molecule has 2 rings (SSSR count). The van der Waals surface area contributed by atoms with Gasteiger partial charge in [-0.05, 0) is 45.0 Å². The highest BCUT2D eigenvalue weighted by atomic mass is 19.4. The van der Waals surface area contributed by atoms with Gasteiger partial charge in [0.1, 0.15) is 0 Å². The van der Waals surface area contributed by atoms with E-state index in [1.165, 1.54) is 16.8 Å². The number of alkyl halides is 3. The molecule has 0 atom stereocenters. The van der Waals surface area contributed by atoms with Crippen molar-refractivity contribution in [1.82, 2.24) is 9.78 Å². The molecular formula is C14H15F3N2O. The maximum absolute atomic E-state index is 12.5. The topological polar surface area (TPSA) is 38.0 Å². The summed E-state index contributed by atoms with van der Waals surface area (Å²) >= 11 is 0. The summed E-state index contributed by atoms with van der Waals surface area (Å²) in [6.07, 6.45) is -2.73. The molecule has 20 heavy (non-hydrogen) atoms. The molecule has 1 N–H and O–H groups in total. The number of aryl methyl sites for hydroxylation is 1. The molecule has 0 aliphatic heterocycles. The highest BCUT2D eigenvalue weighted by Gasteiger charge is 2.30. The molecule has 0 saturated carbocycles. The second kappa shape index (κ2) is 4.63. The fourth-order valence-electron chi connectivity index (χ4n) is 2.00. The lowest BCUT2D eigenvalue weighted by atomic mass is 10.00. The Kier molecular flexibility index (Phi) is 3.37. The standard InChI is InChI=1S/C14H15F3N2O/c1-9-12(13(2,3)20)8-19(18-9)11-6-4-10(5-7-11)14(15,16)17/h4-8,20H,1-3H3. The van der Waals surface area contributed by atoms with Crippen molar-refractivity contribution >= 4 is 0 Å². The number of halogens is 3. The third-order valence-electron chi connectivity index (χ3n) is 3.02. The highest BCUT2D eigenvalue weighted by molar-refractivity contribution is 5.37. The molecule has 0 bridgehead atoms. The lowest BCUT2D eigenvalue weighted by molar-refractivity contribution is -0.137. The van der Waals surface area contributed by atoms with Gasteiger partial charge in [-0.1, -0.05) is 0 Å². The van der Waals surface area contributed by atoms with Crippen LogP contribution >= 0.6 is 0 Å². The number of nitrogens with zero attached hydrogens (tertiary/aromatic N) is 2. The van der Waals surface area contributed by atoms with Gasteiger partial charge in [0, 0.05) is 11.8 Å². The van der Waals surface area contributed by atoms with E-state index in [1.807, 2.05) is 0 Å². The van der Waals surface area contributed by atoms with Crippen molar-refractivity contribution in [3.05, 3.63) is 47.3 Å². The zero-order valence-electron chi connectivity index (χ0n) is 11.4. The van der Waals surface area contributed by atoms with E-state index in [1.54, 1.807) is 27.0 Å². The number of hydrogen-bond donors (Lipinski definition) is 1. The van der Waals surface area contributed by atoms with Crippen molar-refractivity contribution in [2.45, 2.75) is 32.5 Å². The molecule has 6 heteroatoms. The van der Waals surface area contributed by atoms with Crippen molar-refractivity contribution in [3.63, 3.8) is 0 Å². The summed E-state index contributed by atoms with van der Waals surface area (Å²) in [7, 11) is 0. The van der Waals surface area contributed by atoms with Crippen molar-refractivity contribution in [2.24, 2.45) is 0 Å². The van der Waals surface area contributed by atoms with Crippen LogP contribution < -0.4 is 0 Å². The van der Waals surface area contributed by atoms with E-state index in [4.69, 9.17) is 0 Å². The van der Waals surface area contributed by atoms with E-state index in [0.717, 1.165) is 12.1 Å². The van der Waals surface area contributed by atoms with Crippen LogP contribution in [0.1, 0.15) is 30.7 Å². The van der Waals surface area contributed by atoms with Crippen molar-refractivity contribution in [3.8, 4) is 5.69 Å². The van der Waals surface area contributed by atoms with E-state index in [9.17, 15) is 18.3 Å². The molecule has 0 saturated heterocycles. The third kappa shape index (κ3) is 2.85. The fraction of sp³-hybridized carbons (Fsp3) is 0.357. The number of aromatic nitrogens is 2. The maximum atomic E-state index is 12.5. The van der Waals surface area contributed by atoms with Crippen LogP contribution in [0, 0.1) is 6.92 Å². The molecule has 0 aliphatic rings. The first-order valence-electron chi connectivity index (χ1n) is 6.06. The van der Waals surface area contributed by atoms with Gasteiger partial charge < -0.3 is 5.11 Å². The highest BCUT2D eigenvalue weighted by Crippen LogP contribution is 2.30. The van der Waals surface area contributed by atoms with Gasteiger partial charge in [-0.15, -0.1) is 0 Å². The second-order valence-corrected chi connectivity index (χ2v) is 5.18. The summed E-state index contributed by atoms with van der Waals surface area (Å²) in [5.41, 5.74) is 0.0352. The number of rotatable bonds is 2. The van der Waals surface area contributed by atoms with Gasteiger partial charge in [-0.3, -0.25) is 0 Å². The lowest BCUT2D eigenvalue weighted by Gasteiger charge is -2.15. The van der Waals surface area contributed by atoms with Gasteiger partial charge in [-0.25, -0.2) is 4.68 Å². The monoisotopic (exact) mass is 284 g/mol. The summed E-state index contributed by atoms with van der Waals surface area (Å²) < 4.78 is 38.9. The van der Waals surface area contributed by atoms with Gasteiger partial charge >= 0.3 is 6.18 Å². The largest absolute Gasteiger partial charge is 0.416 e.